The number of nitriles is 1. The highest BCUT2D eigenvalue weighted by Gasteiger charge is 2.43. The normalized spacial score (nSPS) is 17.1. The van der Waals surface area contributed by atoms with E-state index in [4.69, 9.17) is 22.6 Å². The van der Waals surface area contributed by atoms with Crippen LogP contribution in [0.4, 0.5) is 5.69 Å². The van der Waals surface area contributed by atoms with Crippen molar-refractivity contribution in [2.24, 2.45) is 0 Å². The zero-order valence-electron chi connectivity index (χ0n) is 27.5. The molecular weight excluding hydrogens is 601 g/mol. The molecule has 2 aromatic carbocycles. The second-order valence-corrected chi connectivity index (χ2v) is 12.3. The van der Waals surface area contributed by atoms with E-state index in [0.717, 1.165) is 39.7 Å². The number of hydrogen-bond acceptors (Lipinski definition) is 5. The summed E-state index contributed by atoms with van der Waals surface area (Å²) in [5, 5.41) is 9.51. The van der Waals surface area contributed by atoms with Crippen LogP contribution in [0.1, 0.15) is 67.3 Å². The molecule has 1 atom stereocenters. The summed E-state index contributed by atoms with van der Waals surface area (Å²) in [6, 6.07) is 22.0. The van der Waals surface area contributed by atoms with Crippen molar-refractivity contribution in [3.63, 3.8) is 0 Å². The van der Waals surface area contributed by atoms with Crippen molar-refractivity contribution in [2.75, 3.05) is 25.1 Å². The molecule has 3 aromatic rings. The van der Waals surface area contributed by atoms with Crippen molar-refractivity contribution >= 4 is 35.3 Å². The van der Waals surface area contributed by atoms with Crippen LogP contribution in [0.5, 0.6) is 5.75 Å². The van der Waals surface area contributed by atoms with E-state index in [2.05, 4.69) is 70.9 Å². The molecule has 0 fully saturated rings. The fraction of sp³-hybridized carbons (Fsp3) is 0.275. The van der Waals surface area contributed by atoms with Gasteiger partial charge in [0.1, 0.15) is 17.1 Å². The minimum Gasteiger partial charge on any atom is -0.500 e. The van der Waals surface area contributed by atoms with Gasteiger partial charge in [0.25, 0.3) is 5.70 Å². The fourth-order valence-electron chi connectivity index (χ4n) is 5.39. The maximum atomic E-state index is 9.51. The van der Waals surface area contributed by atoms with E-state index in [1.807, 2.05) is 67.6 Å². The fourth-order valence-corrected chi connectivity index (χ4v) is 6.21. The molecule has 6 nitrogen and oxygen atoms in total. The molecule has 0 saturated carbocycles. The summed E-state index contributed by atoms with van der Waals surface area (Å²) < 4.78 is 12.0. The number of anilines is 1. The Morgan fingerprint density at radius 3 is 2.26 bits per heavy atom. The Labute approximate surface area is 283 Å². The van der Waals surface area contributed by atoms with Gasteiger partial charge in [-0.2, -0.15) is 0 Å². The maximum absolute atomic E-state index is 9.51. The Bertz CT molecular complexity index is 1800. The van der Waals surface area contributed by atoms with Gasteiger partial charge in [-0.25, -0.2) is 15.0 Å². The Morgan fingerprint density at radius 2 is 1.64 bits per heavy atom. The summed E-state index contributed by atoms with van der Waals surface area (Å²) in [4.78, 5) is 11.6. The van der Waals surface area contributed by atoms with Crippen molar-refractivity contribution in [3.05, 3.63) is 145 Å². The van der Waals surface area contributed by atoms with Crippen molar-refractivity contribution in [1.82, 2.24) is 0 Å². The predicted octanol–water partition coefficient (Wildman–Crippen LogP) is 10.7. The number of nitrogens with zero attached hydrogens (tertiary/aromatic N) is 4. The molecule has 0 saturated heterocycles. The largest absolute Gasteiger partial charge is 0.500 e. The van der Waals surface area contributed by atoms with Gasteiger partial charge in [-0.1, -0.05) is 75.2 Å². The van der Waals surface area contributed by atoms with E-state index in [1.165, 1.54) is 31.4 Å². The molecule has 0 aliphatic carbocycles. The molecule has 2 heterocycles. The van der Waals surface area contributed by atoms with Crippen LogP contribution >= 0.6 is 11.3 Å². The van der Waals surface area contributed by atoms with Crippen LogP contribution in [0.2, 0.25) is 0 Å². The lowest BCUT2D eigenvalue weighted by molar-refractivity contribution is 0.0753. The number of unbranched alkanes of at least 4 members (excludes halogenated alkanes) is 2. The molecule has 1 aliphatic heterocycles. The van der Waals surface area contributed by atoms with E-state index in [1.54, 1.807) is 18.4 Å². The smallest absolute Gasteiger partial charge is 0.292 e. The van der Waals surface area contributed by atoms with Crippen molar-refractivity contribution in [2.45, 2.75) is 52.1 Å². The van der Waals surface area contributed by atoms with Gasteiger partial charge in [-0.3, -0.25) is 0 Å². The van der Waals surface area contributed by atoms with Gasteiger partial charge in [-0.05, 0) is 67.8 Å². The quantitative estimate of drug-likeness (QED) is 0.0999. The highest BCUT2D eigenvalue weighted by molar-refractivity contribution is 7.13. The van der Waals surface area contributed by atoms with Gasteiger partial charge in [-0.15, -0.1) is 11.3 Å². The number of benzene rings is 2. The zero-order chi connectivity index (χ0) is 33.6. The van der Waals surface area contributed by atoms with E-state index in [0.29, 0.717) is 5.57 Å². The zero-order valence-corrected chi connectivity index (χ0v) is 28.3. The predicted molar refractivity (Wildman–Crippen MR) is 194 cm³/mol. The SMILES string of the molecule is [C-]#[N+]C1=C(/C=C/C=C/c2ccc(/C=C/c3ccc(N(CCCC)CCCC)cc3OC)s2)C(C)(c2ccccc2)O/C1=C(\C#N)[N+]#[C-]. The highest BCUT2D eigenvalue weighted by Crippen LogP contribution is 2.47. The number of methoxy groups -OCH3 is 1. The Kier molecular flexibility index (Phi) is 12.4. The van der Waals surface area contributed by atoms with Crippen molar-refractivity contribution < 1.29 is 9.47 Å². The second kappa shape index (κ2) is 16.9. The average molecular weight is 641 g/mol. The summed E-state index contributed by atoms with van der Waals surface area (Å²) in [5.74, 6) is 0.889. The molecule has 0 N–H and O–H groups in total. The number of thiophene rings is 1. The molecule has 238 valence electrons. The molecule has 0 spiro atoms. The lowest BCUT2D eigenvalue weighted by Crippen LogP contribution is -2.25. The highest BCUT2D eigenvalue weighted by atomic mass is 32.1. The van der Waals surface area contributed by atoms with Gasteiger partial charge in [0.05, 0.1) is 26.3 Å². The molecule has 0 amide bonds. The van der Waals surface area contributed by atoms with Crippen LogP contribution in [0.15, 0.2) is 102 Å². The molecule has 0 radical (unpaired) electrons. The number of rotatable bonds is 14. The lowest BCUT2D eigenvalue weighted by atomic mass is 9.87. The summed E-state index contributed by atoms with van der Waals surface area (Å²) in [6.45, 7) is 23.7. The van der Waals surface area contributed by atoms with Gasteiger partial charge >= 0.3 is 0 Å². The van der Waals surface area contributed by atoms with E-state index in [9.17, 15) is 5.26 Å². The third-order valence-corrected chi connectivity index (χ3v) is 9.03. The minimum atomic E-state index is -1.02. The average Bonchev–Trinajstić information content (AvgIpc) is 3.68. The molecule has 1 unspecified atom stereocenters. The maximum Gasteiger partial charge on any atom is 0.292 e. The Hall–Kier alpha value is -5.29. The lowest BCUT2D eigenvalue weighted by Gasteiger charge is -2.28. The molecule has 1 aromatic heterocycles. The van der Waals surface area contributed by atoms with Crippen LogP contribution in [0, 0.1) is 24.5 Å². The first-order chi connectivity index (χ1) is 22.9. The van der Waals surface area contributed by atoms with Gasteiger partial charge in [0.15, 0.2) is 0 Å². The summed E-state index contributed by atoms with van der Waals surface area (Å²) in [7, 11) is 1.72. The summed E-state index contributed by atoms with van der Waals surface area (Å²) >= 11 is 1.67. The van der Waals surface area contributed by atoms with E-state index < -0.39 is 5.60 Å². The number of ether oxygens (including phenoxy) is 2. The third kappa shape index (κ3) is 8.30. The molecule has 7 heteroatoms. The summed E-state index contributed by atoms with van der Waals surface area (Å²) in [5.41, 5.74) is 2.59. The van der Waals surface area contributed by atoms with Crippen LogP contribution < -0.4 is 9.64 Å². The first kappa shape index (κ1) is 34.6. The van der Waals surface area contributed by atoms with E-state index >= 15 is 0 Å². The molecule has 4 rings (SSSR count). The molecular formula is C40H40N4O2S. The topological polar surface area (TPSA) is 54.2 Å². The first-order valence-electron chi connectivity index (χ1n) is 15.9. The Morgan fingerprint density at radius 1 is 0.957 bits per heavy atom. The van der Waals surface area contributed by atoms with Gasteiger partial charge in [0, 0.05) is 45.7 Å². The Balaban J connectivity index is 1.53. The van der Waals surface area contributed by atoms with Crippen molar-refractivity contribution in [1.29, 1.82) is 5.26 Å². The molecule has 1 aliphatic rings. The van der Waals surface area contributed by atoms with Gasteiger partial charge in [0.2, 0.25) is 5.70 Å². The number of allylic oxidation sites excluding steroid dienone is 3. The van der Waals surface area contributed by atoms with Gasteiger partial charge < -0.3 is 14.4 Å². The number of hydrogen-bond donors (Lipinski definition) is 0. The van der Waals surface area contributed by atoms with E-state index in [-0.39, 0.29) is 17.2 Å². The molecule has 47 heavy (non-hydrogen) atoms. The summed E-state index contributed by atoms with van der Waals surface area (Å²) in [6.07, 6.45) is 16.5. The van der Waals surface area contributed by atoms with Crippen LogP contribution in [0.25, 0.3) is 27.9 Å². The van der Waals surface area contributed by atoms with Crippen LogP contribution in [-0.4, -0.2) is 20.2 Å². The molecule has 0 bridgehead atoms. The van der Waals surface area contributed by atoms with Crippen LogP contribution in [-0.2, 0) is 10.3 Å². The monoisotopic (exact) mass is 640 g/mol. The second-order valence-electron chi connectivity index (χ2n) is 11.2. The minimum absolute atomic E-state index is 0.0266. The first-order valence-corrected chi connectivity index (χ1v) is 16.7. The third-order valence-electron chi connectivity index (χ3n) is 8.01. The van der Waals surface area contributed by atoms with Crippen molar-refractivity contribution in [3.8, 4) is 11.8 Å². The standard InChI is InChI=1S/C40H40N4O2S/c1-7-9-26-44(27-10-8-2)32-22-20-30(37(28-32)45-6)21-23-34-25-24-33(47-34)18-14-15-19-35-38(43-5)39(36(29-41)42-4)46-40(35,3)31-16-12-11-13-17-31/h11-25,28H,7-10,26-27H2,1-3,6H3/b18-14+,19-15+,23-21+,39-36+. The van der Waals surface area contributed by atoms with Crippen LogP contribution in [0.3, 0.4) is 0 Å².